The maximum atomic E-state index is 12.6. The highest BCUT2D eigenvalue weighted by atomic mass is 32.2. The number of rotatable bonds is 4. The Balaban J connectivity index is 3.35. The highest BCUT2D eigenvalue weighted by Crippen LogP contribution is 2.27. The first-order chi connectivity index (χ1) is 8.21. The average molecular weight is 268 g/mol. The minimum absolute atomic E-state index is 0.141. The van der Waals surface area contributed by atoms with Gasteiger partial charge in [-0.25, -0.2) is 8.42 Å². The topological polar surface area (TPSA) is 63.4 Å². The second kappa shape index (κ2) is 5.12. The molecule has 1 rings (SSSR count). The molecule has 0 bridgehead atoms. The van der Waals surface area contributed by atoms with Gasteiger partial charge < -0.3 is 5.73 Å². The summed E-state index contributed by atoms with van der Waals surface area (Å²) < 4.78 is 26.6. The fourth-order valence-electron chi connectivity index (χ4n) is 1.68. The lowest BCUT2D eigenvalue weighted by molar-refractivity contribution is 0.270. The van der Waals surface area contributed by atoms with Crippen LogP contribution in [0.2, 0.25) is 0 Å². The summed E-state index contributed by atoms with van der Waals surface area (Å²) in [5.74, 6) is 0. The summed E-state index contributed by atoms with van der Waals surface area (Å²) in [5, 5.41) is 0. The van der Waals surface area contributed by atoms with Crippen molar-refractivity contribution < 1.29 is 8.42 Å². The molecule has 0 unspecified atom stereocenters. The molecule has 0 heterocycles. The monoisotopic (exact) mass is 268 g/mol. The number of hydrogen-bond donors (Lipinski definition) is 1. The van der Waals surface area contributed by atoms with Crippen molar-refractivity contribution in [2.45, 2.75) is 31.2 Å². The van der Waals surface area contributed by atoms with Gasteiger partial charge in [0.2, 0.25) is 10.0 Å². The quantitative estimate of drug-likeness (QED) is 0.673. The summed E-state index contributed by atoms with van der Waals surface area (Å²) in [4.78, 5) is 0.141. The molecule has 5 heteroatoms. The molecule has 1 aromatic carbocycles. The van der Waals surface area contributed by atoms with E-state index in [1.165, 1.54) is 10.4 Å². The van der Waals surface area contributed by atoms with Gasteiger partial charge in [-0.15, -0.1) is 6.58 Å². The predicted molar refractivity (Wildman–Crippen MR) is 74.7 cm³/mol. The largest absolute Gasteiger partial charge is 0.398 e. The first-order valence-electron chi connectivity index (χ1n) is 5.69. The average Bonchev–Trinajstić information content (AvgIpc) is 2.24. The van der Waals surface area contributed by atoms with Crippen molar-refractivity contribution in [2.24, 2.45) is 0 Å². The number of nitrogens with two attached hydrogens (primary N) is 1. The third-order valence-electron chi connectivity index (χ3n) is 2.53. The standard InChI is InChI=1S/C13H20N2O2S/c1-5-10-15(13(2,3)4)18(16,17)12-9-7-6-8-11(12)14/h5-9H,1,10,14H2,2-4H3. The molecule has 4 nitrogen and oxygen atoms in total. The van der Waals surface area contributed by atoms with E-state index in [2.05, 4.69) is 6.58 Å². The smallest absolute Gasteiger partial charge is 0.245 e. The zero-order chi connectivity index (χ0) is 14.0. The molecule has 0 aliphatic carbocycles. The summed E-state index contributed by atoms with van der Waals surface area (Å²) in [5.41, 5.74) is 5.48. The van der Waals surface area contributed by atoms with Crippen LogP contribution in [0.3, 0.4) is 0 Å². The molecule has 18 heavy (non-hydrogen) atoms. The van der Waals surface area contributed by atoms with Crippen molar-refractivity contribution in [1.29, 1.82) is 0 Å². The summed E-state index contributed by atoms with van der Waals surface area (Å²) in [7, 11) is -3.61. The number of para-hydroxylation sites is 1. The number of benzene rings is 1. The van der Waals surface area contributed by atoms with E-state index in [9.17, 15) is 8.42 Å². The van der Waals surface area contributed by atoms with Crippen molar-refractivity contribution in [2.75, 3.05) is 12.3 Å². The molecule has 0 spiro atoms. The Morgan fingerprint density at radius 1 is 1.33 bits per heavy atom. The van der Waals surface area contributed by atoms with Crippen molar-refractivity contribution >= 4 is 15.7 Å². The molecule has 100 valence electrons. The Labute approximate surface area is 109 Å². The molecule has 0 saturated carbocycles. The first-order valence-corrected chi connectivity index (χ1v) is 7.13. The van der Waals surface area contributed by atoms with Gasteiger partial charge in [-0.1, -0.05) is 18.2 Å². The van der Waals surface area contributed by atoms with Crippen LogP contribution >= 0.6 is 0 Å². The van der Waals surface area contributed by atoms with E-state index in [1.54, 1.807) is 24.3 Å². The number of sulfonamides is 1. The molecule has 2 N–H and O–H groups in total. The maximum absolute atomic E-state index is 12.6. The van der Waals surface area contributed by atoms with Crippen LogP contribution < -0.4 is 5.73 Å². The highest BCUT2D eigenvalue weighted by Gasteiger charge is 2.33. The second-order valence-electron chi connectivity index (χ2n) is 5.03. The zero-order valence-corrected chi connectivity index (χ0v) is 11.9. The van der Waals surface area contributed by atoms with Gasteiger partial charge in [0.25, 0.3) is 0 Å². The SMILES string of the molecule is C=CCN(C(C)(C)C)S(=O)(=O)c1ccccc1N. The number of nitrogens with zero attached hydrogens (tertiary/aromatic N) is 1. The molecular weight excluding hydrogens is 248 g/mol. The Hall–Kier alpha value is -1.33. The first kappa shape index (κ1) is 14.7. The van der Waals surface area contributed by atoms with Crippen molar-refractivity contribution in [3.8, 4) is 0 Å². The lowest BCUT2D eigenvalue weighted by atomic mass is 10.1. The van der Waals surface area contributed by atoms with Gasteiger partial charge in [-0.05, 0) is 32.9 Å². The zero-order valence-electron chi connectivity index (χ0n) is 11.1. The Kier molecular flexibility index (Phi) is 4.19. The fourth-order valence-corrected chi connectivity index (χ4v) is 3.56. The van der Waals surface area contributed by atoms with Gasteiger partial charge >= 0.3 is 0 Å². The highest BCUT2D eigenvalue weighted by molar-refractivity contribution is 7.89. The van der Waals surface area contributed by atoms with E-state index in [4.69, 9.17) is 5.73 Å². The second-order valence-corrected chi connectivity index (χ2v) is 6.86. The van der Waals surface area contributed by atoms with Crippen LogP contribution in [0.1, 0.15) is 20.8 Å². The number of nitrogen functional groups attached to an aromatic ring is 1. The third-order valence-corrected chi connectivity index (χ3v) is 4.73. The molecule has 0 amide bonds. The van der Waals surface area contributed by atoms with Gasteiger partial charge in [0.1, 0.15) is 4.90 Å². The van der Waals surface area contributed by atoms with E-state index in [0.717, 1.165) is 0 Å². The molecule has 0 aliphatic heterocycles. The van der Waals surface area contributed by atoms with E-state index >= 15 is 0 Å². The third kappa shape index (κ3) is 2.91. The van der Waals surface area contributed by atoms with Crippen LogP contribution in [0.4, 0.5) is 5.69 Å². The van der Waals surface area contributed by atoms with E-state index in [-0.39, 0.29) is 17.1 Å². The Morgan fingerprint density at radius 2 is 1.89 bits per heavy atom. The van der Waals surface area contributed by atoms with Crippen molar-refractivity contribution in [1.82, 2.24) is 4.31 Å². The van der Waals surface area contributed by atoms with Gasteiger partial charge in [-0.2, -0.15) is 4.31 Å². The Morgan fingerprint density at radius 3 is 2.33 bits per heavy atom. The molecule has 0 aliphatic rings. The van der Waals surface area contributed by atoms with Gasteiger partial charge in [0.15, 0.2) is 0 Å². The molecule has 0 aromatic heterocycles. The summed E-state index contributed by atoms with van der Waals surface area (Å²) in [6, 6.07) is 6.48. The summed E-state index contributed by atoms with van der Waals surface area (Å²) >= 11 is 0. The summed E-state index contributed by atoms with van der Waals surface area (Å²) in [6.45, 7) is 9.38. The van der Waals surface area contributed by atoms with E-state index in [0.29, 0.717) is 0 Å². The van der Waals surface area contributed by atoms with Crippen LogP contribution in [0.15, 0.2) is 41.8 Å². The minimum atomic E-state index is -3.61. The fraction of sp³-hybridized carbons (Fsp3) is 0.385. The van der Waals surface area contributed by atoms with E-state index < -0.39 is 15.6 Å². The maximum Gasteiger partial charge on any atom is 0.245 e. The van der Waals surface area contributed by atoms with Gasteiger partial charge in [-0.3, -0.25) is 0 Å². The molecular formula is C13H20N2O2S. The molecule has 0 fully saturated rings. The van der Waals surface area contributed by atoms with Gasteiger partial charge in [0, 0.05) is 12.1 Å². The van der Waals surface area contributed by atoms with Crippen molar-refractivity contribution in [3.05, 3.63) is 36.9 Å². The van der Waals surface area contributed by atoms with Crippen LogP contribution in [0.25, 0.3) is 0 Å². The molecule has 0 saturated heterocycles. The normalized spacial score (nSPS) is 12.7. The van der Waals surface area contributed by atoms with Crippen LogP contribution in [-0.4, -0.2) is 24.8 Å². The van der Waals surface area contributed by atoms with E-state index in [1.807, 2.05) is 20.8 Å². The lowest BCUT2D eigenvalue weighted by Gasteiger charge is -2.33. The molecule has 0 radical (unpaired) electrons. The Bertz CT molecular complexity index is 530. The summed E-state index contributed by atoms with van der Waals surface area (Å²) in [6.07, 6.45) is 1.57. The lowest BCUT2D eigenvalue weighted by Crippen LogP contribution is -2.45. The van der Waals surface area contributed by atoms with Crippen molar-refractivity contribution in [3.63, 3.8) is 0 Å². The van der Waals surface area contributed by atoms with Crippen LogP contribution in [0.5, 0.6) is 0 Å². The predicted octanol–water partition coefficient (Wildman–Crippen LogP) is 2.24. The molecule has 0 atom stereocenters. The van der Waals surface area contributed by atoms with Crippen LogP contribution in [-0.2, 0) is 10.0 Å². The molecule has 1 aromatic rings. The number of anilines is 1. The number of hydrogen-bond acceptors (Lipinski definition) is 3. The van der Waals surface area contributed by atoms with Crippen LogP contribution in [0, 0.1) is 0 Å². The minimum Gasteiger partial charge on any atom is -0.398 e. The van der Waals surface area contributed by atoms with Gasteiger partial charge in [0.05, 0.1) is 5.69 Å².